The van der Waals surface area contributed by atoms with E-state index in [1.807, 2.05) is 0 Å². The van der Waals surface area contributed by atoms with Gasteiger partial charge in [0.15, 0.2) is 0 Å². The van der Waals surface area contributed by atoms with Crippen molar-refractivity contribution in [3.8, 4) is 0 Å². The second kappa shape index (κ2) is 8.26. The normalized spacial score (nSPS) is 16.1. The lowest BCUT2D eigenvalue weighted by Gasteiger charge is -2.09. The molecule has 17 heavy (non-hydrogen) atoms. The molecule has 1 rings (SSSR count). The van der Waals surface area contributed by atoms with E-state index in [-0.39, 0.29) is 11.8 Å². The van der Waals surface area contributed by atoms with Crippen molar-refractivity contribution in [3.63, 3.8) is 0 Å². The molecule has 0 aromatic carbocycles. The van der Waals surface area contributed by atoms with E-state index in [4.69, 9.17) is 4.74 Å². The van der Waals surface area contributed by atoms with Gasteiger partial charge >= 0.3 is 5.97 Å². The summed E-state index contributed by atoms with van der Waals surface area (Å²) in [5.41, 5.74) is 0. The highest BCUT2D eigenvalue weighted by atomic mass is 16.5. The minimum Gasteiger partial charge on any atom is -0.465 e. The summed E-state index contributed by atoms with van der Waals surface area (Å²) in [6.07, 6.45) is 8.82. The van der Waals surface area contributed by atoms with Crippen LogP contribution >= 0.6 is 0 Å². The number of rotatable bonds is 8. The molecular weight excluding hydrogens is 216 g/mol. The van der Waals surface area contributed by atoms with Crippen LogP contribution in [-0.2, 0) is 14.3 Å². The Kier molecular flexibility index (Phi) is 6.90. The van der Waals surface area contributed by atoms with E-state index < -0.39 is 0 Å². The third-order valence-electron chi connectivity index (χ3n) is 3.36. The van der Waals surface area contributed by atoms with E-state index in [9.17, 15) is 9.59 Å². The van der Waals surface area contributed by atoms with Gasteiger partial charge in [0.05, 0.1) is 6.61 Å². The summed E-state index contributed by atoms with van der Waals surface area (Å²) in [5.74, 6) is 0.769. The summed E-state index contributed by atoms with van der Waals surface area (Å²) in [7, 11) is 0. The molecule has 0 aromatic heterocycles. The molecule has 0 aliphatic heterocycles. The lowest BCUT2D eigenvalue weighted by Crippen LogP contribution is -2.11. The van der Waals surface area contributed by atoms with Gasteiger partial charge in [-0.1, -0.05) is 19.3 Å². The summed E-state index contributed by atoms with van der Waals surface area (Å²) in [5, 5.41) is 0. The number of ketones is 1. The summed E-state index contributed by atoms with van der Waals surface area (Å²) in [6.45, 7) is 2.22. The molecule has 1 aliphatic carbocycles. The van der Waals surface area contributed by atoms with Gasteiger partial charge < -0.3 is 9.53 Å². The van der Waals surface area contributed by atoms with E-state index in [0.717, 1.165) is 19.3 Å². The van der Waals surface area contributed by atoms with Gasteiger partial charge in [-0.15, -0.1) is 0 Å². The molecule has 3 nitrogen and oxygen atoms in total. The SMILES string of the molecule is CC(=O)CCCCCC(=O)OCC1CCCC1. The average Bonchev–Trinajstić information content (AvgIpc) is 2.78. The number of carbonyl (C=O) groups excluding carboxylic acids is 2. The minimum absolute atomic E-state index is 0.0697. The van der Waals surface area contributed by atoms with E-state index in [2.05, 4.69) is 0 Å². The van der Waals surface area contributed by atoms with Crippen LogP contribution in [0.2, 0.25) is 0 Å². The molecule has 0 bridgehead atoms. The second-order valence-electron chi connectivity index (χ2n) is 5.10. The van der Waals surface area contributed by atoms with Crippen LogP contribution in [0.4, 0.5) is 0 Å². The second-order valence-corrected chi connectivity index (χ2v) is 5.10. The van der Waals surface area contributed by atoms with Gasteiger partial charge in [0.25, 0.3) is 0 Å². The lowest BCUT2D eigenvalue weighted by molar-refractivity contribution is -0.145. The van der Waals surface area contributed by atoms with E-state index in [0.29, 0.717) is 25.4 Å². The van der Waals surface area contributed by atoms with Gasteiger partial charge in [-0.05, 0) is 38.5 Å². The summed E-state index contributed by atoms with van der Waals surface area (Å²) < 4.78 is 5.25. The zero-order valence-corrected chi connectivity index (χ0v) is 10.9. The molecule has 0 aromatic rings. The first-order valence-electron chi connectivity index (χ1n) is 6.83. The van der Waals surface area contributed by atoms with Crippen LogP contribution < -0.4 is 0 Å². The van der Waals surface area contributed by atoms with Crippen molar-refractivity contribution in [2.75, 3.05) is 6.61 Å². The van der Waals surface area contributed by atoms with Crippen molar-refractivity contribution >= 4 is 11.8 Å². The highest BCUT2D eigenvalue weighted by Gasteiger charge is 2.16. The smallest absolute Gasteiger partial charge is 0.305 e. The molecule has 0 amide bonds. The largest absolute Gasteiger partial charge is 0.465 e. The standard InChI is InChI=1S/C14H24O3/c1-12(15)7-3-2-4-10-14(16)17-11-13-8-5-6-9-13/h13H,2-11H2,1H3. The Labute approximate surface area is 104 Å². The van der Waals surface area contributed by atoms with Crippen LogP contribution in [0.3, 0.4) is 0 Å². The van der Waals surface area contributed by atoms with Crippen molar-refractivity contribution < 1.29 is 14.3 Å². The van der Waals surface area contributed by atoms with Crippen molar-refractivity contribution in [2.45, 2.75) is 64.7 Å². The highest BCUT2D eigenvalue weighted by Crippen LogP contribution is 2.24. The van der Waals surface area contributed by atoms with Crippen LogP contribution in [0.25, 0.3) is 0 Å². The van der Waals surface area contributed by atoms with Crippen LogP contribution in [0.1, 0.15) is 64.7 Å². The molecule has 1 saturated carbocycles. The maximum absolute atomic E-state index is 11.4. The molecule has 1 aliphatic rings. The van der Waals surface area contributed by atoms with Crippen LogP contribution in [0.5, 0.6) is 0 Å². The maximum Gasteiger partial charge on any atom is 0.305 e. The lowest BCUT2D eigenvalue weighted by atomic mass is 10.1. The molecular formula is C14H24O3. The van der Waals surface area contributed by atoms with Crippen LogP contribution in [0, 0.1) is 5.92 Å². The number of hydrogen-bond acceptors (Lipinski definition) is 3. The van der Waals surface area contributed by atoms with E-state index >= 15 is 0 Å². The number of ether oxygens (including phenoxy) is 1. The third kappa shape index (κ3) is 7.14. The predicted octanol–water partition coefficient (Wildman–Crippen LogP) is 3.26. The Hall–Kier alpha value is -0.860. The quantitative estimate of drug-likeness (QED) is 0.483. The molecule has 0 unspecified atom stereocenters. The molecule has 0 atom stereocenters. The van der Waals surface area contributed by atoms with Crippen LogP contribution in [-0.4, -0.2) is 18.4 Å². The Bertz CT molecular complexity index is 242. The van der Waals surface area contributed by atoms with Crippen LogP contribution in [0.15, 0.2) is 0 Å². The first-order valence-corrected chi connectivity index (χ1v) is 6.83. The fourth-order valence-corrected chi connectivity index (χ4v) is 2.28. The number of carbonyl (C=O) groups is 2. The van der Waals surface area contributed by atoms with Gasteiger partial charge in [0, 0.05) is 12.8 Å². The molecule has 0 heterocycles. The Morgan fingerprint density at radius 1 is 1.06 bits per heavy atom. The summed E-state index contributed by atoms with van der Waals surface area (Å²) in [4.78, 5) is 22.1. The fraction of sp³-hybridized carbons (Fsp3) is 0.857. The van der Waals surface area contributed by atoms with Crippen molar-refractivity contribution in [1.82, 2.24) is 0 Å². The third-order valence-corrected chi connectivity index (χ3v) is 3.36. The van der Waals surface area contributed by atoms with Gasteiger partial charge in [-0.25, -0.2) is 0 Å². The average molecular weight is 240 g/mol. The fourth-order valence-electron chi connectivity index (χ4n) is 2.28. The number of unbranched alkanes of at least 4 members (excludes halogenated alkanes) is 2. The topological polar surface area (TPSA) is 43.4 Å². The molecule has 1 fully saturated rings. The van der Waals surface area contributed by atoms with Gasteiger partial charge in [0.1, 0.15) is 5.78 Å². The Morgan fingerprint density at radius 3 is 2.35 bits per heavy atom. The highest BCUT2D eigenvalue weighted by molar-refractivity contribution is 5.75. The van der Waals surface area contributed by atoms with Gasteiger partial charge in [-0.2, -0.15) is 0 Å². The molecule has 0 radical (unpaired) electrons. The molecule has 3 heteroatoms. The van der Waals surface area contributed by atoms with Gasteiger partial charge in [-0.3, -0.25) is 4.79 Å². The molecule has 98 valence electrons. The zero-order valence-electron chi connectivity index (χ0n) is 10.9. The first kappa shape index (κ1) is 14.2. The minimum atomic E-state index is -0.0697. The summed E-state index contributed by atoms with van der Waals surface area (Å²) in [6, 6.07) is 0. The van der Waals surface area contributed by atoms with Gasteiger partial charge in [0.2, 0.25) is 0 Å². The predicted molar refractivity (Wildman–Crippen MR) is 66.7 cm³/mol. The summed E-state index contributed by atoms with van der Waals surface area (Å²) >= 11 is 0. The van der Waals surface area contributed by atoms with E-state index in [1.54, 1.807) is 6.92 Å². The number of Topliss-reactive ketones (excluding diaryl/α,β-unsaturated/α-hetero) is 1. The van der Waals surface area contributed by atoms with Crippen molar-refractivity contribution in [1.29, 1.82) is 0 Å². The van der Waals surface area contributed by atoms with Crippen molar-refractivity contribution in [3.05, 3.63) is 0 Å². The number of esters is 1. The maximum atomic E-state index is 11.4. The Morgan fingerprint density at radius 2 is 1.71 bits per heavy atom. The molecule has 0 N–H and O–H groups in total. The van der Waals surface area contributed by atoms with E-state index in [1.165, 1.54) is 25.7 Å². The molecule has 0 saturated heterocycles. The molecule has 0 spiro atoms. The van der Waals surface area contributed by atoms with Crippen molar-refractivity contribution in [2.24, 2.45) is 5.92 Å². The first-order chi connectivity index (χ1) is 8.18. The Balaban J connectivity index is 1.92. The monoisotopic (exact) mass is 240 g/mol. The number of hydrogen-bond donors (Lipinski definition) is 0. The zero-order chi connectivity index (χ0) is 12.5.